The summed E-state index contributed by atoms with van der Waals surface area (Å²) in [5.41, 5.74) is 7.31. The number of rotatable bonds is 3. The average Bonchev–Trinajstić information content (AvgIpc) is 2.92. The van der Waals surface area contributed by atoms with Gasteiger partial charge in [0.1, 0.15) is 11.9 Å². The zero-order valence-corrected chi connectivity index (χ0v) is 10.2. The van der Waals surface area contributed by atoms with Gasteiger partial charge in [0.25, 0.3) is 0 Å². The van der Waals surface area contributed by atoms with Crippen molar-refractivity contribution in [2.45, 2.75) is 26.1 Å². The summed E-state index contributed by atoms with van der Waals surface area (Å²) in [4.78, 5) is 13.0. The number of hydrogen-bond acceptors (Lipinski definition) is 4. The molecule has 1 saturated heterocycles. The van der Waals surface area contributed by atoms with Gasteiger partial charge < -0.3 is 20.7 Å². The van der Waals surface area contributed by atoms with Crippen LogP contribution in [0.4, 0.5) is 11.4 Å². The molecule has 3 N–H and O–H groups in total. The minimum absolute atomic E-state index is 0.0295. The molecule has 1 amide bonds. The Morgan fingerprint density at radius 1 is 1.53 bits per heavy atom. The number of ether oxygens (including phenoxy) is 1. The van der Waals surface area contributed by atoms with Crippen LogP contribution in [0.2, 0.25) is 0 Å². The Balaban J connectivity index is 2.12. The Hall–Kier alpha value is -1.91. The molecule has 2 unspecified atom stereocenters. The second-order valence-corrected chi connectivity index (χ2v) is 4.21. The molecule has 5 heteroatoms. The highest BCUT2D eigenvalue weighted by atomic mass is 16.5. The van der Waals surface area contributed by atoms with E-state index in [-0.39, 0.29) is 18.1 Å². The lowest BCUT2D eigenvalue weighted by Crippen LogP contribution is -2.15. The Morgan fingerprint density at radius 3 is 2.76 bits per heavy atom. The van der Waals surface area contributed by atoms with Crippen LogP contribution in [-0.4, -0.2) is 30.1 Å². The second-order valence-electron chi connectivity index (χ2n) is 4.21. The van der Waals surface area contributed by atoms with E-state index in [1.54, 1.807) is 31.1 Å². The van der Waals surface area contributed by atoms with Gasteiger partial charge in [-0.25, -0.2) is 0 Å². The van der Waals surface area contributed by atoms with Crippen molar-refractivity contribution >= 4 is 17.3 Å². The van der Waals surface area contributed by atoms with E-state index in [2.05, 4.69) is 5.32 Å². The molecule has 1 aliphatic rings. The molecule has 1 aromatic rings. The zero-order chi connectivity index (χ0) is 12.6. The maximum atomic E-state index is 11.3. The summed E-state index contributed by atoms with van der Waals surface area (Å²) in [6, 6.07) is 5.63. The molecule has 0 aliphatic carbocycles. The lowest BCUT2D eigenvalue weighted by Gasteiger charge is -2.10. The first-order chi connectivity index (χ1) is 8.04. The Bertz CT molecular complexity index is 447. The van der Waals surface area contributed by atoms with E-state index in [0.717, 1.165) is 11.4 Å². The largest absolute Gasteiger partial charge is 0.497 e. The predicted octanol–water partition coefficient (Wildman–Crippen LogP) is 1.27. The minimum Gasteiger partial charge on any atom is -0.497 e. The van der Waals surface area contributed by atoms with E-state index in [9.17, 15) is 4.79 Å². The van der Waals surface area contributed by atoms with Crippen LogP contribution in [0.5, 0.6) is 5.75 Å². The summed E-state index contributed by atoms with van der Waals surface area (Å²) in [7, 11) is 1.61. The van der Waals surface area contributed by atoms with Crippen LogP contribution in [-0.2, 0) is 4.79 Å². The number of methoxy groups -OCH3 is 1. The number of carbonyl (C=O) groups is 1. The van der Waals surface area contributed by atoms with Gasteiger partial charge in [0, 0.05) is 13.0 Å². The lowest BCUT2D eigenvalue weighted by atomic mass is 10.2. The van der Waals surface area contributed by atoms with Gasteiger partial charge in [-0.15, -0.1) is 0 Å². The molecule has 5 nitrogen and oxygen atoms in total. The third-order valence-corrected chi connectivity index (χ3v) is 3.03. The normalized spacial score (nSPS) is 22.2. The van der Waals surface area contributed by atoms with Crippen LogP contribution in [0.3, 0.4) is 0 Å². The standard InChI is InChI=1S/C12H17N3O2/c1-7-12(15(7)8(2)16)14-11-6-9(17-3)4-5-10(11)13/h4-7,12,14H,13H2,1-3H3. The molecule has 0 spiro atoms. The van der Waals surface area contributed by atoms with Gasteiger partial charge in [0.2, 0.25) is 5.91 Å². The molecule has 17 heavy (non-hydrogen) atoms. The maximum absolute atomic E-state index is 11.3. The molecule has 92 valence electrons. The number of amides is 1. The average molecular weight is 235 g/mol. The molecule has 2 rings (SSSR count). The molecule has 1 heterocycles. The number of anilines is 2. The first kappa shape index (κ1) is 11.6. The fraction of sp³-hybridized carbons (Fsp3) is 0.417. The quantitative estimate of drug-likeness (QED) is 0.611. The van der Waals surface area contributed by atoms with Crippen molar-refractivity contribution in [3.63, 3.8) is 0 Å². The first-order valence-corrected chi connectivity index (χ1v) is 5.53. The number of carbonyl (C=O) groups excluding carboxylic acids is 1. The van der Waals surface area contributed by atoms with Crippen molar-refractivity contribution in [2.75, 3.05) is 18.2 Å². The summed E-state index contributed by atoms with van der Waals surface area (Å²) >= 11 is 0. The molecule has 0 saturated carbocycles. The van der Waals surface area contributed by atoms with Crippen molar-refractivity contribution in [3.05, 3.63) is 18.2 Å². The Morgan fingerprint density at radius 2 is 2.24 bits per heavy atom. The van der Waals surface area contributed by atoms with Gasteiger partial charge >= 0.3 is 0 Å². The van der Waals surface area contributed by atoms with Crippen LogP contribution in [0, 0.1) is 0 Å². The van der Waals surface area contributed by atoms with Crippen molar-refractivity contribution in [1.82, 2.24) is 4.90 Å². The fourth-order valence-electron chi connectivity index (χ4n) is 1.97. The van der Waals surface area contributed by atoms with Gasteiger partial charge in [-0.2, -0.15) is 0 Å². The van der Waals surface area contributed by atoms with E-state index in [4.69, 9.17) is 10.5 Å². The van der Waals surface area contributed by atoms with E-state index in [0.29, 0.717) is 5.69 Å². The highest BCUT2D eigenvalue weighted by molar-refractivity contribution is 5.79. The predicted molar refractivity (Wildman–Crippen MR) is 66.8 cm³/mol. The van der Waals surface area contributed by atoms with Crippen molar-refractivity contribution in [3.8, 4) is 5.75 Å². The van der Waals surface area contributed by atoms with Crippen LogP contribution in [0.15, 0.2) is 18.2 Å². The summed E-state index contributed by atoms with van der Waals surface area (Å²) in [6.45, 7) is 3.56. The smallest absolute Gasteiger partial charge is 0.221 e. The van der Waals surface area contributed by atoms with Crippen LogP contribution in [0.25, 0.3) is 0 Å². The van der Waals surface area contributed by atoms with Gasteiger partial charge in [-0.1, -0.05) is 0 Å². The molecule has 2 atom stereocenters. The number of nitrogens with two attached hydrogens (primary N) is 1. The fourth-order valence-corrected chi connectivity index (χ4v) is 1.97. The molecule has 0 bridgehead atoms. The van der Waals surface area contributed by atoms with Gasteiger partial charge in [-0.05, 0) is 19.1 Å². The Kier molecular flexibility index (Phi) is 2.83. The van der Waals surface area contributed by atoms with Gasteiger partial charge in [-0.3, -0.25) is 4.79 Å². The van der Waals surface area contributed by atoms with Gasteiger partial charge in [0.15, 0.2) is 0 Å². The first-order valence-electron chi connectivity index (χ1n) is 5.53. The summed E-state index contributed by atoms with van der Waals surface area (Å²) < 4.78 is 5.14. The number of benzene rings is 1. The van der Waals surface area contributed by atoms with Crippen molar-refractivity contribution in [2.24, 2.45) is 0 Å². The molecule has 1 aliphatic heterocycles. The maximum Gasteiger partial charge on any atom is 0.221 e. The molecular weight excluding hydrogens is 218 g/mol. The van der Waals surface area contributed by atoms with E-state index in [1.807, 2.05) is 13.0 Å². The Labute approximate surface area is 101 Å². The topological polar surface area (TPSA) is 67.4 Å². The van der Waals surface area contributed by atoms with Crippen molar-refractivity contribution < 1.29 is 9.53 Å². The second kappa shape index (κ2) is 4.16. The zero-order valence-electron chi connectivity index (χ0n) is 10.2. The SMILES string of the molecule is COc1ccc(N)c(NC2C(C)N2C(C)=O)c1. The summed E-state index contributed by atoms with van der Waals surface area (Å²) in [6.07, 6.45) is 0.0295. The van der Waals surface area contributed by atoms with Crippen LogP contribution in [0.1, 0.15) is 13.8 Å². The third-order valence-electron chi connectivity index (χ3n) is 3.03. The van der Waals surface area contributed by atoms with Crippen LogP contribution >= 0.6 is 0 Å². The monoisotopic (exact) mass is 235 g/mol. The number of nitrogens with zero attached hydrogens (tertiary/aromatic N) is 1. The minimum atomic E-state index is 0.0295. The number of nitrogen functional groups attached to an aromatic ring is 1. The van der Waals surface area contributed by atoms with Crippen molar-refractivity contribution in [1.29, 1.82) is 0 Å². The van der Waals surface area contributed by atoms with Crippen LogP contribution < -0.4 is 15.8 Å². The lowest BCUT2D eigenvalue weighted by molar-refractivity contribution is -0.124. The number of nitrogens with one attached hydrogen (secondary N) is 1. The summed E-state index contributed by atoms with van der Waals surface area (Å²) in [5, 5.41) is 3.24. The van der Waals surface area contributed by atoms with E-state index in [1.165, 1.54) is 0 Å². The summed E-state index contributed by atoms with van der Waals surface area (Å²) in [5.74, 6) is 0.806. The molecule has 0 aromatic heterocycles. The van der Waals surface area contributed by atoms with E-state index >= 15 is 0 Å². The third kappa shape index (κ3) is 2.13. The number of hydrogen-bond donors (Lipinski definition) is 2. The molecule has 0 radical (unpaired) electrons. The molecular formula is C12H17N3O2. The van der Waals surface area contributed by atoms with E-state index < -0.39 is 0 Å². The highest BCUT2D eigenvalue weighted by Crippen LogP contribution is 2.32. The molecule has 1 fully saturated rings. The van der Waals surface area contributed by atoms with Gasteiger partial charge in [0.05, 0.1) is 24.5 Å². The molecule has 1 aromatic carbocycles. The highest BCUT2D eigenvalue weighted by Gasteiger charge is 2.46.